The van der Waals surface area contributed by atoms with Crippen molar-refractivity contribution in [1.82, 2.24) is 25.1 Å². The second-order valence-corrected chi connectivity index (χ2v) is 11.0. The van der Waals surface area contributed by atoms with Crippen LogP contribution >= 0.6 is 11.6 Å². The average molecular weight is 585 g/mol. The van der Waals surface area contributed by atoms with Crippen molar-refractivity contribution in [3.05, 3.63) is 46.8 Å². The number of imidazole rings is 1. The van der Waals surface area contributed by atoms with Gasteiger partial charge in [0.2, 0.25) is 5.91 Å². The van der Waals surface area contributed by atoms with Crippen molar-refractivity contribution in [2.45, 2.75) is 44.3 Å². The molecular weight excluding hydrogens is 556 g/mol. The van der Waals surface area contributed by atoms with Crippen LogP contribution in [0.4, 0.5) is 23.2 Å². The van der Waals surface area contributed by atoms with E-state index in [2.05, 4.69) is 15.3 Å². The van der Waals surface area contributed by atoms with Gasteiger partial charge in [-0.2, -0.15) is 13.2 Å². The summed E-state index contributed by atoms with van der Waals surface area (Å²) < 4.78 is 51.4. The summed E-state index contributed by atoms with van der Waals surface area (Å²) in [4.78, 5) is 50.4. The molecule has 1 aromatic carbocycles. The molecule has 2 aliphatic heterocycles. The minimum atomic E-state index is -4.31. The van der Waals surface area contributed by atoms with E-state index in [4.69, 9.17) is 11.6 Å². The molecule has 9 nitrogen and oxygen atoms in total. The molecule has 0 radical (unpaired) electrons. The Balaban J connectivity index is 1.16. The molecule has 0 atom stereocenters. The number of piperazine rings is 1. The number of H-pyrrole nitrogens is 1. The van der Waals surface area contributed by atoms with E-state index in [1.807, 2.05) is 0 Å². The van der Waals surface area contributed by atoms with Gasteiger partial charge >= 0.3 is 6.18 Å². The Morgan fingerprint density at radius 1 is 1.10 bits per heavy atom. The van der Waals surface area contributed by atoms with E-state index in [9.17, 15) is 31.9 Å². The highest BCUT2D eigenvalue weighted by Crippen LogP contribution is 2.47. The molecule has 1 aromatic heterocycles. The van der Waals surface area contributed by atoms with Crippen molar-refractivity contribution in [1.29, 1.82) is 0 Å². The highest BCUT2D eigenvalue weighted by Gasteiger charge is 2.49. The Hall–Kier alpha value is -3.19. The first-order valence-electron chi connectivity index (χ1n) is 13.2. The molecule has 2 saturated heterocycles. The summed E-state index contributed by atoms with van der Waals surface area (Å²) in [6.07, 6.45) is -0.201. The first-order chi connectivity index (χ1) is 19.0. The summed E-state index contributed by atoms with van der Waals surface area (Å²) in [5, 5.41) is 3.11. The van der Waals surface area contributed by atoms with Crippen molar-refractivity contribution in [3.63, 3.8) is 0 Å². The molecule has 3 heterocycles. The smallest absolute Gasteiger partial charge is 0.348 e. The van der Waals surface area contributed by atoms with Gasteiger partial charge in [-0.05, 0) is 50.3 Å². The lowest BCUT2D eigenvalue weighted by molar-refractivity contribution is -0.148. The first-order valence-corrected chi connectivity index (χ1v) is 13.5. The largest absolute Gasteiger partial charge is 0.401 e. The number of carbonyl (C=O) groups is 3. The Morgan fingerprint density at radius 3 is 2.45 bits per heavy atom. The van der Waals surface area contributed by atoms with Gasteiger partial charge in [-0.3, -0.25) is 19.3 Å². The number of nitrogens with zero attached hydrogens (tertiary/aromatic N) is 4. The topological polar surface area (TPSA) is 102 Å². The quantitative estimate of drug-likeness (QED) is 0.523. The van der Waals surface area contributed by atoms with Crippen LogP contribution in [0.5, 0.6) is 0 Å². The van der Waals surface area contributed by atoms with E-state index < -0.39 is 35.8 Å². The number of hydrogen-bond donors (Lipinski definition) is 2. The van der Waals surface area contributed by atoms with Crippen LogP contribution in [-0.4, -0.2) is 89.0 Å². The van der Waals surface area contributed by atoms with Gasteiger partial charge in [0, 0.05) is 38.8 Å². The number of rotatable bonds is 5. The molecule has 1 saturated carbocycles. The molecule has 2 N–H and O–H groups in total. The van der Waals surface area contributed by atoms with Gasteiger partial charge in [0.25, 0.3) is 11.8 Å². The predicted molar refractivity (Wildman–Crippen MR) is 138 cm³/mol. The van der Waals surface area contributed by atoms with Gasteiger partial charge in [0.15, 0.2) is 5.69 Å². The van der Waals surface area contributed by atoms with E-state index in [1.54, 1.807) is 4.90 Å². The lowest BCUT2D eigenvalue weighted by Gasteiger charge is -2.36. The van der Waals surface area contributed by atoms with Gasteiger partial charge in [-0.15, -0.1) is 0 Å². The molecule has 40 heavy (non-hydrogen) atoms. The normalized spacial score (nSPS) is 24.1. The summed E-state index contributed by atoms with van der Waals surface area (Å²) in [7, 11) is 0. The SMILES string of the molecule is O=C(NC1CCC2(CC1)CCN(c1ccc(F)cc1Cl)C2=O)c1[nH]cnc1C(=O)N1CCN(CC(F)(F)F)CC1. The van der Waals surface area contributed by atoms with Gasteiger partial charge in [-0.25, -0.2) is 9.37 Å². The van der Waals surface area contributed by atoms with Gasteiger partial charge in [0.1, 0.15) is 11.5 Å². The maximum absolute atomic E-state index is 13.5. The van der Waals surface area contributed by atoms with Crippen LogP contribution in [0.1, 0.15) is 53.1 Å². The third kappa shape index (κ3) is 5.80. The van der Waals surface area contributed by atoms with Crippen LogP contribution in [0, 0.1) is 11.2 Å². The number of halogens is 5. The molecule has 216 valence electrons. The molecule has 1 aliphatic carbocycles. The average Bonchev–Trinajstić information content (AvgIpc) is 3.51. The lowest BCUT2D eigenvalue weighted by Crippen LogP contribution is -2.51. The van der Waals surface area contributed by atoms with Crippen molar-refractivity contribution >= 4 is 35.0 Å². The van der Waals surface area contributed by atoms with E-state index in [0.29, 0.717) is 44.3 Å². The highest BCUT2D eigenvalue weighted by atomic mass is 35.5. The monoisotopic (exact) mass is 584 g/mol. The number of nitrogens with one attached hydrogen (secondary N) is 2. The molecular formula is C26H29ClF4N6O3. The first kappa shape index (κ1) is 28.3. The van der Waals surface area contributed by atoms with Gasteiger partial charge < -0.3 is 20.1 Å². The number of hydrogen-bond acceptors (Lipinski definition) is 5. The van der Waals surface area contributed by atoms with E-state index in [0.717, 1.165) is 0 Å². The summed E-state index contributed by atoms with van der Waals surface area (Å²) in [5.41, 5.74) is -0.162. The zero-order chi connectivity index (χ0) is 28.7. The standard InChI is InChI=1S/C26H29ClF4N6O3/c27-18-13-16(28)1-2-19(18)37-8-7-25(24(37)40)5-3-17(4-6-25)34-22(38)20-21(33-15-32-20)23(39)36-11-9-35(10-12-36)14-26(29,30)31/h1-2,13,15,17H,3-12,14H2,(H,32,33)(H,34,38). The molecule has 2 aromatic rings. The highest BCUT2D eigenvalue weighted by molar-refractivity contribution is 6.34. The van der Waals surface area contributed by atoms with Crippen LogP contribution < -0.4 is 10.2 Å². The van der Waals surface area contributed by atoms with Gasteiger partial charge in [0.05, 0.1) is 29.0 Å². The molecule has 3 aliphatic rings. The third-order valence-corrected chi connectivity index (χ3v) is 8.43. The molecule has 0 unspecified atom stereocenters. The molecule has 0 bridgehead atoms. The molecule has 3 amide bonds. The maximum atomic E-state index is 13.5. The van der Waals surface area contributed by atoms with E-state index in [-0.39, 0.29) is 54.5 Å². The maximum Gasteiger partial charge on any atom is 0.401 e. The fraction of sp³-hybridized carbons (Fsp3) is 0.538. The zero-order valence-corrected chi connectivity index (χ0v) is 22.3. The molecule has 14 heteroatoms. The second-order valence-electron chi connectivity index (χ2n) is 10.6. The summed E-state index contributed by atoms with van der Waals surface area (Å²) in [5.74, 6) is -1.55. The van der Waals surface area contributed by atoms with Crippen molar-refractivity contribution in [2.75, 3.05) is 44.2 Å². The Labute approximate surface area is 232 Å². The fourth-order valence-corrected chi connectivity index (χ4v) is 6.20. The molecule has 5 rings (SSSR count). The van der Waals surface area contributed by atoms with Crippen LogP contribution in [-0.2, 0) is 4.79 Å². The lowest BCUT2D eigenvalue weighted by atomic mass is 9.71. The van der Waals surface area contributed by atoms with Crippen LogP contribution in [0.3, 0.4) is 0 Å². The summed E-state index contributed by atoms with van der Waals surface area (Å²) in [6, 6.07) is 3.75. The fourth-order valence-electron chi connectivity index (χ4n) is 5.93. The predicted octanol–water partition coefficient (Wildman–Crippen LogP) is 3.62. The summed E-state index contributed by atoms with van der Waals surface area (Å²) >= 11 is 6.19. The van der Waals surface area contributed by atoms with Crippen LogP contribution in [0.15, 0.2) is 24.5 Å². The Kier molecular flexibility index (Phi) is 7.79. The van der Waals surface area contributed by atoms with Crippen molar-refractivity contribution < 1.29 is 31.9 Å². The number of anilines is 1. The second kappa shape index (κ2) is 11.0. The number of aromatic nitrogens is 2. The Bertz CT molecular complexity index is 1290. The number of carbonyl (C=O) groups excluding carboxylic acids is 3. The van der Waals surface area contributed by atoms with Crippen molar-refractivity contribution in [2.24, 2.45) is 5.41 Å². The number of aromatic amines is 1. The number of benzene rings is 1. The molecule has 1 spiro atoms. The molecule has 3 fully saturated rings. The third-order valence-electron chi connectivity index (χ3n) is 8.12. The van der Waals surface area contributed by atoms with Crippen molar-refractivity contribution in [3.8, 4) is 0 Å². The number of amides is 3. The van der Waals surface area contributed by atoms with Crippen LogP contribution in [0.2, 0.25) is 5.02 Å². The van der Waals surface area contributed by atoms with Crippen LogP contribution in [0.25, 0.3) is 0 Å². The number of alkyl halides is 3. The Morgan fingerprint density at radius 2 is 1.80 bits per heavy atom. The minimum absolute atomic E-state index is 0.00271. The minimum Gasteiger partial charge on any atom is -0.348 e. The van der Waals surface area contributed by atoms with E-state index >= 15 is 0 Å². The van der Waals surface area contributed by atoms with E-state index in [1.165, 1.54) is 34.3 Å². The van der Waals surface area contributed by atoms with Gasteiger partial charge in [-0.1, -0.05) is 11.6 Å². The zero-order valence-electron chi connectivity index (χ0n) is 21.6. The summed E-state index contributed by atoms with van der Waals surface area (Å²) in [6.45, 7) is -0.207.